The Kier molecular flexibility index (Phi) is 13.3. The Morgan fingerprint density at radius 2 is 1.09 bits per heavy atom. The molecule has 11 heavy (non-hydrogen) atoms. The maximum atomic E-state index is 3.71. The van der Waals surface area contributed by atoms with Crippen LogP contribution in [0.15, 0.2) is 38.0 Å². The molecule has 0 aliphatic heterocycles. The van der Waals surface area contributed by atoms with Crippen molar-refractivity contribution in [1.29, 1.82) is 0 Å². The van der Waals surface area contributed by atoms with Crippen LogP contribution in [0.25, 0.3) is 0 Å². The van der Waals surface area contributed by atoms with E-state index in [1.807, 2.05) is 18.2 Å². The molecule has 0 atom stereocenters. The molecule has 0 aliphatic carbocycles. The van der Waals surface area contributed by atoms with Gasteiger partial charge < -0.3 is 0 Å². The van der Waals surface area contributed by atoms with E-state index in [0.717, 1.165) is 18.5 Å². The summed E-state index contributed by atoms with van der Waals surface area (Å²) in [5, 5.41) is 0. The minimum atomic E-state index is 0. The molecule has 0 saturated carbocycles. The van der Waals surface area contributed by atoms with Crippen molar-refractivity contribution in [3.63, 3.8) is 0 Å². The van der Waals surface area contributed by atoms with Gasteiger partial charge in [-0.2, -0.15) is 0 Å². The summed E-state index contributed by atoms with van der Waals surface area (Å²) in [5.74, 6) is 0. The fourth-order valence-corrected chi connectivity index (χ4v) is 2.31. The Morgan fingerprint density at radius 1 is 0.818 bits per heavy atom. The van der Waals surface area contributed by atoms with Crippen LogP contribution >= 0.6 is 7.92 Å². The predicted octanol–water partition coefficient (Wildman–Crippen LogP) is 2.11. The zero-order valence-electron chi connectivity index (χ0n) is 6.92. The Balaban J connectivity index is 0. The van der Waals surface area contributed by atoms with E-state index in [2.05, 4.69) is 19.7 Å². The maximum absolute atomic E-state index is 3.71. The molecule has 0 unspecified atom stereocenters. The van der Waals surface area contributed by atoms with Crippen LogP contribution in [0.1, 0.15) is 0 Å². The molecule has 0 aliphatic rings. The van der Waals surface area contributed by atoms with E-state index in [9.17, 15) is 0 Å². The number of hydrogen-bond donors (Lipinski definition) is 0. The zero-order chi connectivity index (χ0) is 7.82. The summed E-state index contributed by atoms with van der Waals surface area (Å²) in [6, 6.07) is 0. The van der Waals surface area contributed by atoms with E-state index in [1.165, 1.54) is 0 Å². The summed E-state index contributed by atoms with van der Waals surface area (Å²) in [6.45, 7) is 11.1. The second kappa shape index (κ2) is 10.4. The molecule has 0 fully saturated rings. The molecule has 0 N–H and O–H groups in total. The number of allylic oxidation sites excluding steroid dienone is 3. The molecule has 0 aromatic rings. The van der Waals surface area contributed by atoms with E-state index < -0.39 is 0 Å². The van der Waals surface area contributed by atoms with Crippen LogP contribution in [-0.4, -0.2) is 42.2 Å². The van der Waals surface area contributed by atoms with Crippen LogP contribution in [0.4, 0.5) is 0 Å². The molecule has 0 amide bonds. The third-order valence-corrected chi connectivity index (χ3v) is 3.49. The van der Waals surface area contributed by atoms with Gasteiger partial charge in [0, 0.05) is 0 Å². The summed E-state index contributed by atoms with van der Waals surface area (Å²) in [4.78, 5) is 0. The molecule has 64 valence electrons. The fraction of sp³-hybridized carbons (Fsp3) is 0.333. The molecule has 0 saturated heterocycles. The third kappa shape index (κ3) is 8.34. The van der Waals surface area contributed by atoms with Gasteiger partial charge in [-0.15, -0.1) is 19.7 Å². The van der Waals surface area contributed by atoms with Crippen LogP contribution in [-0.2, 0) is 0 Å². The van der Waals surface area contributed by atoms with Crippen LogP contribution in [0.3, 0.4) is 0 Å². The van der Waals surface area contributed by atoms with E-state index in [4.69, 9.17) is 0 Å². The molecule has 0 radical (unpaired) electrons. The fourth-order valence-electron chi connectivity index (χ4n) is 0.771. The van der Waals surface area contributed by atoms with Gasteiger partial charge >= 0.3 is 23.7 Å². The third-order valence-electron chi connectivity index (χ3n) is 1.16. The molecule has 0 nitrogen and oxygen atoms in total. The van der Waals surface area contributed by atoms with Crippen LogP contribution in [0.2, 0.25) is 0 Å². The topological polar surface area (TPSA) is 0 Å². The van der Waals surface area contributed by atoms with Crippen molar-refractivity contribution in [2.75, 3.05) is 18.5 Å². The van der Waals surface area contributed by atoms with Gasteiger partial charge in [0.2, 0.25) is 0 Å². The SMILES string of the molecule is C=CCP(CC=C)CC=C.[TeH2]. The first-order valence-electron chi connectivity index (χ1n) is 3.40. The first-order chi connectivity index (χ1) is 4.85. The average molecular weight is 284 g/mol. The molecule has 0 spiro atoms. The van der Waals surface area contributed by atoms with Crippen molar-refractivity contribution < 1.29 is 0 Å². The molecule has 0 aromatic carbocycles. The number of rotatable bonds is 6. The van der Waals surface area contributed by atoms with Gasteiger partial charge in [0.05, 0.1) is 0 Å². The van der Waals surface area contributed by atoms with Gasteiger partial charge in [-0.25, -0.2) is 0 Å². The second-order valence-electron chi connectivity index (χ2n) is 2.08. The average Bonchev–Trinajstić information content (AvgIpc) is 1.90. The second-order valence-corrected chi connectivity index (χ2v) is 4.52. The summed E-state index contributed by atoms with van der Waals surface area (Å²) >= 11 is 0. The van der Waals surface area contributed by atoms with Crippen LogP contribution in [0.5, 0.6) is 0 Å². The van der Waals surface area contributed by atoms with Crippen molar-refractivity contribution in [1.82, 2.24) is 0 Å². The summed E-state index contributed by atoms with van der Waals surface area (Å²) in [6.07, 6.45) is 9.35. The van der Waals surface area contributed by atoms with Gasteiger partial charge in [0.25, 0.3) is 0 Å². The molecular formula is C9H17PTe. The summed E-state index contributed by atoms with van der Waals surface area (Å²) in [7, 11) is 0.0849. The van der Waals surface area contributed by atoms with Crippen molar-refractivity contribution in [2.45, 2.75) is 0 Å². The van der Waals surface area contributed by atoms with Crippen LogP contribution < -0.4 is 0 Å². The monoisotopic (exact) mass is 286 g/mol. The Hall–Kier alpha value is 0.440. The summed E-state index contributed by atoms with van der Waals surface area (Å²) in [5.41, 5.74) is 0. The van der Waals surface area contributed by atoms with E-state index in [-0.39, 0.29) is 31.6 Å². The van der Waals surface area contributed by atoms with E-state index >= 15 is 0 Å². The van der Waals surface area contributed by atoms with Gasteiger partial charge in [0.15, 0.2) is 0 Å². The first kappa shape index (κ1) is 14.0. The quantitative estimate of drug-likeness (QED) is 0.398. The van der Waals surface area contributed by atoms with Crippen LogP contribution in [0, 0.1) is 0 Å². The molecule has 0 heterocycles. The normalized spacial score (nSPS) is 8.45. The number of hydrogen-bond acceptors (Lipinski definition) is 0. The molecule has 0 aromatic heterocycles. The van der Waals surface area contributed by atoms with Crippen molar-refractivity contribution in [3.05, 3.63) is 38.0 Å². The van der Waals surface area contributed by atoms with E-state index in [1.54, 1.807) is 0 Å². The summed E-state index contributed by atoms with van der Waals surface area (Å²) < 4.78 is 0. The van der Waals surface area contributed by atoms with Crippen molar-refractivity contribution in [3.8, 4) is 0 Å². The Labute approximate surface area is 87.9 Å². The molecule has 0 bridgehead atoms. The molecular weight excluding hydrogens is 267 g/mol. The Morgan fingerprint density at radius 3 is 1.27 bits per heavy atom. The van der Waals surface area contributed by atoms with Gasteiger partial charge in [-0.3, -0.25) is 0 Å². The van der Waals surface area contributed by atoms with Gasteiger partial charge in [-0.05, 0) is 18.5 Å². The van der Waals surface area contributed by atoms with Gasteiger partial charge in [0.1, 0.15) is 0 Å². The first-order valence-corrected chi connectivity index (χ1v) is 5.30. The van der Waals surface area contributed by atoms with Crippen molar-refractivity contribution in [2.24, 2.45) is 0 Å². The predicted molar refractivity (Wildman–Crippen MR) is 60.7 cm³/mol. The van der Waals surface area contributed by atoms with E-state index in [0.29, 0.717) is 0 Å². The standard InChI is InChI=1S/C9H15P.H2Te/c1-4-7-10(8-5-2)9-6-3;/h4-6H,1-3,7-9H2;1H2. The Bertz CT molecular complexity index is 97.0. The van der Waals surface area contributed by atoms with Crippen molar-refractivity contribution >= 4 is 31.6 Å². The molecule has 0 rings (SSSR count). The molecule has 2 heteroatoms. The minimum absolute atomic E-state index is 0. The zero-order valence-corrected chi connectivity index (χ0v) is 10.7. The van der Waals surface area contributed by atoms with Gasteiger partial charge in [-0.1, -0.05) is 26.1 Å².